The lowest BCUT2D eigenvalue weighted by molar-refractivity contribution is 0.660. The van der Waals surface area contributed by atoms with Crippen LogP contribution in [0.15, 0.2) is 158 Å². The zero-order valence-electron chi connectivity index (χ0n) is 28.3. The Hall–Kier alpha value is -6.70. The van der Waals surface area contributed by atoms with Gasteiger partial charge >= 0.3 is 0 Å². The molecule has 51 heavy (non-hydrogen) atoms. The number of nitrogens with zero attached hydrogens (tertiary/aromatic N) is 4. The minimum absolute atomic E-state index is 0.201. The SMILES string of the molecule is CC1(C)c2cc(-c3ccc(-c4c(-c5nc(-c6ccccc6)nc(-c6ccccc6)n5)ccc5ccccc45)cc3)ccc2-c2c(C#N)cccc21. The maximum Gasteiger partial charge on any atom is 0.164 e. The van der Waals surface area contributed by atoms with E-state index in [4.69, 9.17) is 15.0 Å². The van der Waals surface area contributed by atoms with E-state index in [1.54, 1.807) is 0 Å². The van der Waals surface area contributed by atoms with Crippen LogP contribution >= 0.6 is 0 Å². The largest absolute Gasteiger partial charge is 0.208 e. The molecule has 8 aromatic rings. The lowest BCUT2D eigenvalue weighted by Crippen LogP contribution is -2.15. The molecular formula is C47H32N4. The predicted octanol–water partition coefficient (Wildman–Crippen LogP) is 11.5. The monoisotopic (exact) mass is 652 g/mol. The average Bonchev–Trinajstić information content (AvgIpc) is 3.43. The molecule has 0 atom stereocenters. The molecule has 9 rings (SSSR count). The molecule has 0 bridgehead atoms. The van der Waals surface area contributed by atoms with E-state index in [0.717, 1.165) is 66.4 Å². The fourth-order valence-electron chi connectivity index (χ4n) is 7.59. The van der Waals surface area contributed by atoms with Crippen LogP contribution in [0.1, 0.15) is 30.5 Å². The van der Waals surface area contributed by atoms with Crippen LogP contribution < -0.4 is 0 Å². The van der Waals surface area contributed by atoms with Crippen LogP contribution in [0.3, 0.4) is 0 Å². The Labute approximate surface area is 297 Å². The highest BCUT2D eigenvalue weighted by molar-refractivity contribution is 6.03. The first-order valence-corrected chi connectivity index (χ1v) is 17.2. The second-order valence-electron chi connectivity index (χ2n) is 13.6. The third-order valence-corrected chi connectivity index (χ3v) is 10.2. The summed E-state index contributed by atoms with van der Waals surface area (Å²) in [6.45, 7) is 4.50. The molecule has 0 unspecified atom stereocenters. The summed E-state index contributed by atoms with van der Waals surface area (Å²) >= 11 is 0. The van der Waals surface area contributed by atoms with Crippen LogP contribution in [0.5, 0.6) is 0 Å². The summed E-state index contributed by atoms with van der Waals surface area (Å²) in [5.74, 6) is 1.90. The number of fused-ring (bicyclic) bond motifs is 4. The molecule has 1 heterocycles. The van der Waals surface area contributed by atoms with E-state index in [1.165, 1.54) is 11.1 Å². The van der Waals surface area contributed by atoms with Crippen molar-refractivity contribution in [1.29, 1.82) is 5.26 Å². The third-order valence-electron chi connectivity index (χ3n) is 10.2. The van der Waals surface area contributed by atoms with Gasteiger partial charge in [-0.15, -0.1) is 0 Å². The Balaban J connectivity index is 1.18. The number of hydrogen-bond donors (Lipinski definition) is 0. The molecular weight excluding hydrogens is 621 g/mol. The molecule has 240 valence electrons. The highest BCUT2D eigenvalue weighted by Crippen LogP contribution is 2.51. The molecule has 0 radical (unpaired) electrons. The predicted molar refractivity (Wildman–Crippen MR) is 207 cm³/mol. The van der Waals surface area contributed by atoms with Gasteiger partial charge in [0.15, 0.2) is 17.5 Å². The van der Waals surface area contributed by atoms with E-state index in [1.807, 2.05) is 72.8 Å². The highest BCUT2D eigenvalue weighted by Gasteiger charge is 2.37. The fourth-order valence-corrected chi connectivity index (χ4v) is 7.59. The number of aromatic nitrogens is 3. The lowest BCUT2D eigenvalue weighted by atomic mass is 9.81. The van der Waals surface area contributed by atoms with Gasteiger partial charge in [-0.1, -0.05) is 153 Å². The average molecular weight is 653 g/mol. The maximum absolute atomic E-state index is 9.88. The number of nitriles is 1. The quantitative estimate of drug-likeness (QED) is 0.186. The molecule has 1 aliphatic carbocycles. The Morgan fingerprint density at radius 3 is 1.73 bits per heavy atom. The standard InChI is InChI=1S/C47H32N4/c1-47(2)40-19-11-17-36(29-48)43(40)38-26-25-35(28-41(38)47)30-20-22-32(23-21-30)42-37-18-10-9-12-31(37)24-27-39(42)46-50-44(33-13-5-3-6-14-33)49-45(51-46)34-15-7-4-8-16-34/h3-28H,1-2H3. The van der Waals surface area contributed by atoms with E-state index in [2.05, 4.69) is 105 Å². The molecule has 0 fully saturated rings. The van der Waals surface area contributed by atoms with Crippen molar-refractivity contribution in [2.45, 2.75) is 19.3 Å². The summed E-state index contributed by atoms with van der Waals surface area (Å²) in [6, 6.07) is 56.9. The van der Waals surface area contributed by atoms with E-state index in [-0.39, 0.29) is 5.41 Å². The van der Waals surface area contributed by atoms with Crippen molar-refractivity contribution in [2.75, 3.05) is 0 Å². The molecule has 0 N–H and O–H groups in total. The van der Waals surface area contributed by atoms with Gasteiger partial charge in [0.25, 0.3) is 0 Å². The van der Waals surface area contributed by atoms with Gasteiger partial charge in [-0.3, -0.25) is 0 Å². The number of rotatable bonds is 5. The summed E-state index contributed by atoms with van der Waals surface area (Å²) in [4.78, 5) is 15.1. The Morgan fingerprint density at radius 1 is 0.451 bits per heavy atom. The molecule has 0 spiro atoms. The van der Waals surface area contributed by atoms with E-state index >= 15 is 0 Å². The molecule has 1 aliphatic rings. The first-order valence-electron chi connectivity index (χ1n) is 17.2. The first-order chi connectivity index (χ1) is 25.0. The third kappa shape index (κ3) is 5.10. The van der Waals surface area contributed by atoms with Gasteiger partial charge in [-0.05, 0) is 62.4 Å². The van der Waals surface area contributed by atoms with Crippen molar-refractivity contribution < 1.29 is 0 Å². The second kappa shape index (κ2) is 12.0. The van der Waals surface area contributed by atoms with Crippen LogP contribution in [0.25, 0.3) is 78.3 Å². The van der Waals surface area contributed by atoms with Gasteiger partial charge in [0, 0.05) is 33.2 Å². The van der Waals surface area contributed by atoms with Crippen molar-refractivity contribution in [3.63, 3.8) is 0 Å². The Bertz CT molecular complexity index is 2600. The van der Waals surface area contributed by atoms with Gasteiger partial charge < -0.3 is 0 Å². The van der Waals surface area contributed by atoms with Crippen LogP contribution in [0.2, 0.25) is 0 Å². The Morgan fingerprint density at radius 2 is 1.04 bits per heavy atom. The van der Waals surface area contributed by atoms with Crippen LogP contribution in [-0.2, 0) is 5.41 Å². The minimum Gasteiger partial charge on any atom is -0.208 e. The fraction of sp³-hybridized carbons (Fsp3) is 0.0638. The molecule has 0 amide bonds. The lowest BCUT2D eigenvalue weighted by Gasteiger charge is -2.22. The van der Waals surface area contributed by atoms with Crippen molar-refractivity contribution in [2.24, 2.45) is 0 Å². The minimum atomic E-state index is -0.201. The normalized spacial score (nSPS) is 12.6. The smallest absolute Gasteiger partial charge is 0.164 e. The van der Waals surface area contributed by atoms with Crippen LogP contribution in [0.4, 0.5) is 0 Å². The molecule has 0 saturated heterocycles. The summed E-state index contributed by atoms with van der Waals surface area (Å²) in [7, 11) is 0. The van der Waals surface area contributed by atoms with Crippen LogP contribution in [-0.4, -0.2) is 15.0 Å². The van der Waals surface area contributed by atoms with E-state index < -0.39 is 0 Å². The zero-order valence-corrected chi connectivity index (χ0v) is 28.3. The van der Waals surface area contributed by atoms with Crippen molar-refractivity contribution in [1.82, 2.24) is 15.0 Å². The van der Waals surface area contributed by atoms with Crippen molar-refractivity contribution >= 4 is 10.8 Å². The van der Waals surface area contributed by atoms with Gasteiger partial charge in [0.1, 0.15) is 0 Å². The molecule has 4 heteroatoms. The summed E-state index contributed by atoms with van der Waals surface area (Å²) in [5.41, 5.74) is 12.5. The van der Waals surface area contributed by atoms with E-state index in [9.17, 15) is 5.26 Å². The highest BCUT2D eigenvalue weighted by atomic mass is 15.0. The molecule has 0 saturated carbocycles. The zero-order chi connectivity index (χ0) is 34.5. The van der Waals surface area contributed by atoms with Gasteiger partial charge in [-0.2, -0.15) is 5.26 Å². The van der Waals surface area contributed by atoms with Crippen molar-refractivity contribution in [3.05, 3.63) is 174 Å². The molecule has 7 aromatic carbocycles. The molecule has 0 aliphatic heterocycles. The molecule has 4 nitrogen and oxygen atoms in total. The summed E-state index contributed by atoms with van der Waals surface area (Å²) < 4.78 is 0. The van der Waals surface area contributed by atoms with Crippen molar-refractivity contribution in [3.8, 4) is 73.6 Å². The number of benzene rings is 7. The second-order valence-corrected chi connectivity index (χ2v) is 13.6. The Kier molecular flexibility index (Phi) is 7.15. The topological polar surface area (TPSA) is 62.5 Å². The first kappa shape index (κ1) is 30.4. The van der Waals surface area contributed by atoms with E-state index in [0.29, 0.717) is 17.5 Å². The number of hydrogen-bond acceptors (Lipinski definition) is 4. The molecule has 1 aromatic heterocycles. The van der Waals surface area contributed by atoms with Gasteiger partial charge in [0.2, 0.25) is 0 Å². The van der Waals surface area contributed by atoms with Gasteiger partial charge in [-0.25, -0.2) is 15.0 Å². The van der Waals surface area contributed by atoms with Gasteiger partial charge in [0.05, 0.1) is 11.6 Å². The summed E-state index contributed by atoms with van der Waals surface area (Å²) in [5, 5.41) is 12.2. The maximum atomic E-state index is 9.88. The van der Waals surface area contributed by atoms with Crippen LogP contribution in [0, 0.1) is 11.3 Å². The summed E-state index contributed by atoms with van der Waals surface area (Å²) in [6.07, 6.45) is 0.